The standard InChI is InChI=1S/C13H15BrN2O3S/c1-4-20(18,19)11-5-9(13(2,3)8-15)7-16-12(11)10(17)6-14/h5,7H,4,6H2,1-3H3. The second-order valence-electron chi connectivity index (χ2n) is 4.77. The Balaban J connectivity index is 3.62. The third-order valence-electron chi connectivity index (χ3n) is 2.95. The number of carbonyl (C=O) groups is 1. The van der Waals surface area contributed by atoms with Gasteiger partial charge in [-0.25, -0.2) is 8.42 Å². The molecule has 0 fully saturated rings. The lowest BCUT2D eigenvalue weighted by molar-refractivity contribution is 0.101. The molecule has 108 valence electrons. The zero-order valence-electron chi connectivity index (χ0n) is 11.5. The van der Waals surface area contributed by atoms with Gasteiger partial charge in [0, 0.05) is 6.20 Å². The van der Waals surface area contributed by atoms with Crippen molar-refractivity contribution < 1.29 is 13.2 Å². The lowest BCUT2D eigenvalue weighted by atomic mass is 9.87. The van der Waals surface area contributed by atoms with Crippen LogP contribution in [0.5, 0.6) is 0 Å². The number of nitrogens with zero attached hydrogens (tertiary/aromatic N) is 2. The summed E-state index contributed by atoms with van der Waals surface area (Å²) >= 11 is 3.01. The van der Waals surface area contributed by atoms with Gasteiger partial charge in [-0.2, -0.15) is 5.26 Å². The van der Waals surface area contributed by atoms with E-state index in [1.165, 1.54) is 19.2 Å². The molecular weight excluding hydrogens is 344 g/mol. The van der Waals surface area contributed by atoms with Crippen LogP contribution in [0.4, 0.5) is 0 Å². The number of hydrogen-bond acceptors (Lipinski definition) is 5. The highest BCUT2D eigenvalue weighted by molar-refractivity contribution is 9.09. The maximum absolute atomic E-state index is 12.1. The minimum atomic E-state index is -3.59. The molecule has 1 aromatic heterocycles. The van der Waals surface area contributed by atoms with E-state index in [1.54, 1.807) is 13.8 Å². The van der Waals surface area contributed by atoms with Crippen molar-refractivity contribution >= 4 is 31.6 Å². The Bertz CT molecular complexity index is 675. The molecule has 0 aliphatic heterocycles. The molecule has 0 aliphatic carbocycles. The van der Waals surface area contributed by atoms with E-state index in [4.69, 9.17) is 5.26 Å². The van der Waals surface area contributed by atoms with Crippen LogP contribution in [0, 0.1) is 11.3 Å². The Kier molecular flexibility index (Phi) is 5.05. The lowest BCUT2D eigenvalue weighted by Crippen LogP contribution is -2.19. The van der Waals surface area contributed by atoms with Crippen molar-refractivity contribution in [2.75, 3.05) is 11.1 Å². The highest BCUT2D eigenvalue weighted by Crippen LogP contribution is 2.26. The molecule has 5 nitrogen and oxygen atoms in total. The highest BCUT2D eigenvalue weighted by Gasteiger charge is 2.27. The number of hydrogen-bond donors (Lipinski definition) is 0. The first-order chi connectivity index (χ1) is 9.19. The van der Waals surface area contributed by atoms with Gasteiger partial charge in [0.25, 0.3) is 0 Å². The number of halogens is 1. The van der Waals surface area contributed by atoms with E-state index in [9.17, 15) is 13.2 Å². The summed E-state index contributed by atoms with van der Waals surface area (Å²) in [6.07, 6.45) is 1.38. The first-order valence-corrected chi connectivity index (χ1v) is 8.70. The molecule has 0 spiro atoms. The molecule has 0 aliphatic rings. The van der Waals surface area contributed by atoms with Gasteiger partial charge in [0.1, 0.15) is 5.69 Å². The molecule has 1 heterocycles. The van der Waals surface area contributed by atoms with Crippen LogP contribution in [0.1, 0.15) is 36.8 Å². The Hall–Kier alpha value is -1.26. The van der Waals surface area contributed by atoms with Gasteiger partial charge in [-0.1, -0.05) is 22.9 Å². The predicted octanol–water partition coefficient (Wildman–Crippen LogP) is 2.25. The Labute approximate surface area is 127 Å². The van der Waals surface area contributed by atoms with E-state index in [-0.39, 0.29) is 21.7 Å². The Morgan fingerprint density at radius 1 is 1.50 bits per heavy atom. The molecule has 0 bridgehead atoms. The van der Waals surface area contributed by atoms with Crippen molar-refractivity contribution in [1.29, 1.82) is 5.26 Å². The van der Waals surface area contributed by atoms with Gasteiger partial charge >= 0.3 is 0 Å². The smallest absolute Gasteiger partial charge is 0.193 e. The van der Waals surface area contributed by atoms with Crippen molar-refractivity contribution in [1.82, 2.24) is 4.98 Å². The average Bonchev–Trinajstić information content (AvgIpc) is 2.45. The second kappa shape index (κ2) is 6.02. The van der Waals surface area contributed by atoms with E-state index < -0.39 is 21.0 Å². The first-order valence-electron chi connectivity index (χ1n) is 5.93. The number of carbonyl (C=O) groups excluding carboxylic acids is 1. The van der Waals surface area contributed by atoms with Crippen LogP contribution in [-0.2, 0) is 15.3 Å². The number of alkyl halides is 1. The SMILES string of the molecule is CCS(=O)(=O)c1cc(C(C)(C)C#N)cnc1C(=O)CBr. The molecule has 20 heavy (non-hydrogen) atoms. The van der Waals surface area contributed by atoms with Gasteiger partial charge in [-0.05, 0) is 25.5 Å². The molecule has 0 atom stereocenters. The number of sulfone groups is 1. The van der Waals surface area contributed by atoms with Gasteiger partial charge in [-0.15, -0.1) is 0 Å². The van der Waals surface area contributed by atoms with Gasteiger partial charge in [0.15, 0.2) is 15.6 Å². The summed E-state index contributed by atoms with van der Waals surface area (Å²) in [6, 6.07) is 3.47. The average molecular weight is 359 g/mol. The molecule has 1 rings (SSSR count). The molecule has 7 heteroatoms. The van der Waals surface area contributed by atoms with Crippen LogP contribution in [-0.4, -0.2) is 30.3 Å². The van der Waals surface area contributed by atoms with E-state index >= 15 is 0 Å². The number of aromatic nitrogens is 1. The summed E-state index contributed by atoms with van der Waals surface area (Å²) in [7, 11) is -3.59. The number of rotatable bonds is 5. The summed E-state index contributed by atoms with van der Waals surface area (Å²) in [6.45, 7) is 4.83. The van der Waals surface area contributed by atoms with E-state index in [1.807, 2.05) is 0 Å². The summed E-state index contributed by atoms with van der Waals surface area (Å²) < 4.78 is 24.2. The first kappa shape index (κ1) is 16.8. The molecule has 0 saturated carbocycles. The van der Waals surface area contributed by atoms with Crippen LogP contribution < -0.4 is 0 Å². The van der Waals surface area contributed by atoms with Crippen molar-refractivity contribution in [2.24, 2.45) is 0 Å². The fraction of sp³-hybridized carbons (Fsp3) is 0.462. The topological polar surface area (TPSA) is 87.9 Å². The number of Topliss-reactive ketones (excluding diaryl/α,β-unsaturated/α-hetero) is 1. The monoisotopic (exact) mass is 358 g/mol. The van der Waals surface area contributed by atoms with E-state index in [0.29, 0.717) is 5.56 Å². The highest BCUT2D eigenvalue weighted by atomic mass is 79.9. The summed E-state index contributed by atoms with van der Waals surface area (Å²) in [5.74, 6) is -0.536. The quantitative estimate of drug-likeness (QED) is 0.594. The minimum Gasteiger partial charge on any atom is -0.291 e. The molecule has 0 aromatic carbocycles. The van der Waals surface area contributed by atoms with E-state index in [2.05, 4.69) is 27.0 Å². The predicted molar refractivity (Wildman–Crippen MR) is 78.7 cm³/mol. The van der Waals surface area contributed by atoms with Crippen molar-refractivity contribution in [3.05, 3.63) is 23.5 Å². The van der Waals surface area contributed by atoms with Crippen molar-refractivity contribution in [3.63, 3.8) is 0 Å². The van der Waals surface area contributed by atoms with Crippen LogP contribution in [0.15, 0.2) is 17.2 Å². The fourth-order valence-electron chi connectivity index (χ4n) is 1.52. The molecular formula is C13H15BrN2O3S. The molecule has 0 N–H and O–H groups in total. The molecule has 0 amide bonds. The van der Waals surface area contributed by atoms with E-state index in [0.717, 1.165) is 0 Å². The molecule has 0 unspecified atom stereocenters. The zero-order chi connectivity index (χ0) is 15.6. The van der Waals surface area contributed by atoms with Crippen molar-refractivity contribution in [3.8, 4) is 6.07 Å². The number of pyridine rings is 1. The Morgan fingerprint density at radius 3 is 2.55 bits per heavy atom. The lowest BCUT2D eigenvalue weighted by Gasteiger charge is -2.17. The van der Waals surface area contributed by atoms with Crippen molar-refractivity contribution in [2.45, 2.75) is 31.1 Å². The summed E-state index contributed by atoms with van der Waals surface area (Å²) in [5.41, 5.74) is -0.486. The zero-order valence-corrected chi connectivity index (χ0v) is 13.9. The third-order valence-corrected chi connectivity index (χ3v) is 5.21. The largest absolute Gasteiger partial charge is 0.291 e. The van der Waals surface area contributed by atoms with Crippen LogP contribution >= 0.6 is 15.9 Å². The normalized spacial score (nSPS) is 11.9. The fourth-order valence-corrected chi connectivity index (χ4v) is 2.86. The molecule has 0 radical (unpaired) electrons. The molecule has 1 aromatic rings. The number of ketones is 1. The number of nitriles is 1. The summed E-state index contributed by atoms with van der Waals surface area (Å²) in [4.78, 5) is 15.7. The summed E-state index contributed by atoms with van der Waals surface area (Å²) in [5, 5.41) is 9.11. The second-order valence-corrected chi connectivity index (χ2v) is 7.58. The van der Waals surface area contributed by atoms with Gasteiger partial charge in [-0.3, -0.25) is 9.78 Å². The molecule has 0 saturated heterocycles. The Morgan fingerprint density at radius 2 is 2.10 bits per heavy atom. The minimum absolute atomic E-state index is 0.00672. The van der Waals surface area contributed by atoms with Gasteiger partial charge in [0.2, 0.25) is 0 Å². The van der Waals surface area contributed by atoms with Crippen LogP contribution in [0.25, 0.3) is 0 Å². The van der Waals surface area contributed by atoms with Crippen LogP contribution in [0.3, 0.4) is 0 Å². The van der Waals surface area contributed by atoms with Gasteiger partial charge in [0.05, 0.1) is 27.5 Å². The van der Waals surface area contributed by atoms with Gasteiger partial charge < -0.3 is 0 Å². The maximum Gasteiger partial charge on any atom is 0.193 e. The third kappa shape index (κ3) is 3.25. The van der Waals surface area contributed by atoms with Crippen LogP contribution in [0.2, 0.25) is 0 Å². The maximum atomic E-state index is 12.1.